The highest BCUT2D eigenvalue weighted by atomic mass is 79.9. The molecule has 0 aliphatic rings. The highest BCUT2D eigenvalue weighted by Gasteiger charge is 2.26. The van der Waals surface area contributed by atoms with Crippen LogP contribution >= 0.6 is 15.9 Å². The Morgan fingerprint density at radius 1 is 1.19 bits per heavy atom. The summed E-state index contributed by atoms with van der Waals surface area (Å²) in [6, 6.07) is 11.1. The van der Waals surface area contributed by atoms with E-state index in [0.29, 0.717) is 10.2 Å². The Balaban J connectivity index is 2.54. The van der Waals surface area contributed by atoms with Gasteiger partial charge in [0.1, 0.15) is 10.7 Å². The van der Waals surface area contributed by atoms with Gasteiger partial charge in [0.05, 0.1) is 5.69 Å². The molecule has 0 N–H and O–H groups in total. The summed E-state index contributed by atoms with van der Waals surface area (Å²) >= 11 is 3.12. The largest absolute Gasteiger partial charge is 0.267 e. The van der Waals surface area contributed by atoms with E-state index in [1.54, 1.807) is 25.1 Å². The molecule has 0 saturated heterocycles. The van der Waals surface area contributed by atoms with Crippen molar-refractivity contribution in [2.75, 3.05) is 10.8 Å². The van der Waals surface area contributed by atoms with Gasteiger partial charge in [-0.05, 0) is 49.7 Å². The number of benzene rings is 2. The molecule has 21 heavy (non-hydrogen) atoms. The van der Waals surface area contributed by atoms with Gasteiger partial charge in [0.15, 0.2) is 0 Å². The van der Waals surface area contributed by atoms with Gasteiger partial charge in [-0.25, -0.2) is 12.8 Å². The molecule has 0 atom stereocenters. The Kier molecular flexibility index (Phi) is 4.68. The second-order valence-electron chi connectivity index (χ2n) is 4.58. The van der Waals surface area contributed by atoms with Crippen molar-refractivity contribution in [3.05, 3.63) is 58.3 Å². The van der Waals surface area contributed by atoms with E-state index in [9.17, 15) is 12.8 Å². The summed E-state index contributed by atoms with van der Waals surface area (Å²) < 4.78 is 41.1. The van der Waals surface area contributed by atoms with E-state index in [0.717, 1.165) is 11.6 Å². The second kappa shape index (κ2) is 6.15. The van der Waals surface area contributed by atoms with Crippen LogP contribution in [0.25, 0.3) is 0 Å². The maximum atomic E-state index is 14.0. The molecule has 6 heteroatoms. The molecule has 0 fully saturated rings. The minimum atomic E-state index is -3.93. The standard InChI is InChI=1S/C15H15BrFNO2S/c1-3-18(13-6-4-5-11(2)9-13)21(19,20)15-8-7-12(16)10-14(15)17/h4-10H,3H2,1-2H3. The Bertz CT molecular complexity index is 762. The minimum Gasteiger partial charge on any atom is -0.267 e. The van der Waals surface area contributed by atoms with Gasteiger partial charge in [0, 0.05) is 11.0 Å². The van der Waals surface area contributed by atoms with Gasteiger partial charge < -0.3 is 0 Å². The van der Waals surface area contributed by atoms with Gasteiger partial charge in [-0.3, -0.25) is 4.31 Å². The molecule has 0 aromatic heterocycles. The van der Waals surface area contributed by atoms with Crippen LogP contribution in [0.4, 0.5) is 10.1 Å². The SMILES string of the molecule is CCN(c1cccc(C)c1)S(=O)(=O)c1ccc(Br)cc1F. The van der Waals surface area contributed by atoms with Gasteiger partial charge in [-0.15, -0.1) is 0 Å². The number of aryl methyl sites for hydroxylation is 1. The number of halogens is 2. The molecule has 0 saturated carbocycles. The fourth-order valence-electron chi connectivity index (χ4n) is 2.08. The molecule has 0 aliphatic heterocycles. The van der Waals surface area contributed by atoms with E-state index >= 15 is 0 Å². The lowest BCUT2D eigenvalue weighted by atomic mass is 10.2. The number of hydrogen-bond donors (Lipinski definition) is 0. The van der Waals surface area contributed by atoms with Gasteiger partial charge in [-0.1, -0.05) is 28.1 Å². The molecule has 0 heterocycles. The van der Waals surface area contributed by atoms with Crippen LogP contribution in [0.5, 0.6) is 0 Å². The zero-order chi connectivity index (χ0) is 15.6. The van der Waals surface area contributed by atoms with E-state index in [2.05, 4.69) is 15.9 Å². The summed E-state index contributed by atoms with van der Waals surface area (Å²) in [7, 11) is -3.93. The third-order valence-corrected chi connectivity index (χ3v) is 5.47. The van der Waals surface area contributed by atoms with Crippen LogP contribution in [0.15, 0.2) is 51.8 Å². The Morgan fingerprint density at radius 2 is 1.90 bits per heavy atom. The molecular weight excluding hydrogens is 357 g/mol. The Labute approximate surface area is 132 Å². The molecule has 2 aromatic carbocycles. The zero-order valence-electron chi connectivity index (χ0n) is 11.7. The average Bonchev–Trinajstić information content (AvgIpc) is 2.38. The summed E-state index contributed by atoms with van der Waals surface area (Å²) in [5.74, 6) is -0.768. The quantitative estimate of drug-likeness (QED) is 0.810. The number of hydrogen-bond acceptors (Lipinski definition) is 2. The monoisotopic (exact) mass is 371 g/mol. The van der Waals surface area contributed by atoms with Crippen molar-refractivity contribution in [1.29, 1.82) is 0 Å². The first-order chi connectivity index (χ1) is 9.86. The molecule has 0 spiro atoms. The summed E-state index contributed by atoms with van der Waals surface area (Å²) in [5, 5.41) is 0. The third kappa shape index (κ3) is 3.27. The third-order valence-electron chi connectivity index (χ3n) is 3.04. The van der Waals surface area contributed by atoms with Crippen LogP contribution in [-0.4, -0.2) is 15.0 Å². The summed E-state index contributed by atoms with van der Waals surface area (Å²) in [4.78, 5) is -0.325. The molecule has 2 rings (SSSR count). The van der Waals surface area contributed by atoms with E-state index < -0.39 is 15.8 Å². The van der Waals surface area contributed by atoms with Gasteiger partial charge in [0.2, 0.25) is 0 Å². The molecule has 112 valence electrons. The number of rotatable bonds is 4. The van der Waals surface area contributed by atoms with Crippen molar-refractivity contribution in [1.82, 2.24) is 0 Å². The van der Waals surface area contributed by atoms with E-state index in [1.807, 2.05) is 13.0 Å². The van der Waals surface area contributed by atoms with Crippen molar-refractivity contribution >= 4 is 31.6 Å². The second-order valence-corrected chi connectivity index (χ2v) is 7.33. The van der Waals surface area contributed by atoms with Crippen molar-refractivity contribution in [2.45, 2.75) is 18.7 Å². The maximum absolute atomic E-state index is 14.0. The fraction of sp³-hybridized carbons (Fsp3) is 0.200. The Hall–Kier alpha value is -1.40. The van der Waals surface area contributed by atoms with Gasteiger partial charge in [-0.2, -0.15) is 0 Å². The molecule has 0 amide bonds. The first kappa shape index (κ1) is 16.0. The smallest absolute Gasteiger partial charge is 0.267 e. The van der Waals surface area contributed by atoms with Crippen LogP contribution in [-0.2, 0) is 10.0 Å². The first-order valence-electron chi connectivity index (χ1n) is 6.40. The van der Waals surface area contributed by atoms with Crippen molar-refractivity contribution < 1.29 is 12.8 Å². The van der Waals surface area contributed by atoms with Crippen LogP contribution in [0, 0.1) is 12.7 Å². The van der Waals surface area contributed by atoms with Crippen molar-refractivity contribution in [2.24, 2.45) is 0 Å². The normalized spacial score (nSPS) is 11.4. The fourth-order valence-corrected chi connectivity index (χ4v) is 3.92. The maximum Gasteiger partial charge on any atom is 0.267 e. The lowest BCUT2D eigenvalue weighted by Gasteiger charge is -2.23. The zero-order valence-corrected chi connectivity index (χ0v) is 14.1. The number of sulfonamides is 1. The molecule has 0 unspecified atom stereocenters. The highest BCUT2D eigenvalue weighted by Crippen LogP contribution is 2.27. The lowest BCUT2D eigenvalue weighted by molar-refractivity contribution is 0.564. The van der Waals surface area contributed by atoms with Crippen LogP contribution in [0.3, 0.4) is 0 Å². The highest BCUT2D eigenvalue weighted by molar-refractivity contribution is 9.10. The van der Waals surface area contributed by atoms with Crippen molar-refractivity contribution in [3.8, 4) is 0 Å². The predicted molar refractivity (Wildman–Crippen MR) is 85.5 cm³/mol. The van der Waals surface area contributed by atoms with Crippen molar-refractivity contribution in [3.63, 3.8) is 0 Å². The summed E-state index contributed by atoms with van der Waals surface area (Å²) in [6.07, 6.45) is 0. The molecule has 3 nitrogen and oxygen atoms in total. The van der Waals surface area contributed by atoms with E-state index in [1.165, 1.54) is 16.4 Å². The Morgan fingerprint density at radius 3 is 2.48 bits per heavy atom. The first-order valence-corrected chi connectivity index (χ1v) is 8.64. The minimum absolute atomic E-state index is 0.224. The van der Waals surface area contributed by atoms with Gasteiger partial charge in [0.25, 0.3) is 10.0 Å². The predicted octanol–water partition coefficient (Wildman–Crippen LogP) is 4.11. The molecule has 2 aromatic rings. The number of nitrogens with zero attached hydrogens (tertiary/aromatic N) is 1. The average molecular weight is 372 g/mol. The molecule has 0 radical (unpaired) electrons. The lowest BCUT2D eigenvalue weighted by Crippen LogP contribution is -2.31. The number of anilines is 1. The van der Waals surface area contributed by atoms with Crippen LogP contribution < -0.4 is 4.31 Å². The molecule has 0 aliphatic carbocycles. The van der Waals surface area contributed by atoms with E-state index in [4.69, 9.17) is 0 Å². The molecular formula is C15H15BrFNO2S. The summed E-state index contributed by atoms with van der Waals surface area (Å²) in [6.45, 7) is 3.82. The summed E-state index contributed by atoms with van der Waals surface area (Å²) in [5.41, 5.74) is 1.47. The van der Waals surface area contributed by atoms with E-state index in [-0.39, 0.29) is 11.4 Å². The molecule has 0 bridgehead atoms. The topological polar surface area (TPSA) is 37.4 Å². The van der Waals surface area contributed by atoms with Crippen LogP contribution in [0.2, 0.25) is 0 Å². The van der Waals surface area contributed by atoms with Gasteiger partial charge >= 0.3 is 0 Å². The van der Waals surface area contributed by atoms with Crippen LogP contribution in [0.1, 0.15) is 12.5 Å².